The molecule has 0 radical (unpaired) electrons. The number of fused-ring (bicyclic) bond motifs is 1. The number of carbonyl (C=O) groups is 1. The maximum atomic E-state index is 12.2. The van der Waals surface area contributed by atoms with Gasteiger partial charge in [0.2, 0.25) is 5.91 Å². The number of rotatable bonds is 3. The molecule has 0 aromatic heterocycles. The second kappa shape index (κ2) is 5.91. The summed E-state index contributed by atoms with van der Waals surface area (Å²) in [4.78, 5) is 12.2. The van der Waals surface area contributed by atoms with E-state index in [0.29, 0.717) is 0 Å². The predicted molar refractivity (Wildman–Crippen MR) is 91.2 cm³/mol. The third-order valence-electron chi connectivity index (χ3n) is 3.61. The van der Waals surface area contributed by atoms with Gasteiger partial charge in [-0.15, -0.1) is 0 Å². The van der Waals surface area contributed by atoms with E-state index in [9.17, 15) is 4.79 Å². The third kappa shape index (κ3) is 3.05. The van der Waals surface area contributed by atoms with Gasteiger partial charge < -0.3 is 5.32 Å². The molecule has 0 fully saturated rings. The normalized spacial score (nSPS) is 18.2. The third-order valence-corrected chi connectivity index (χ3v) is 4.60. The molecular weight excluding hydrogens is 396 g/mol. The number of hydrogen-bond acceptors (Lipinski definition) is 2. The summed E-state index contributed by atoms with van der Waals surface area (Å²) in [6.07, 6.45) is 0. The largest absolute Gasteiger partial charge is 0.324 e. The van der Waals surface area contributed by atoms with Crippen molar-refractivity contribution in [3.63, 3.8) is 0 Å². The molecule has 2 aromatic carbocycles. The van der Waals surface area contributed by atoms with Gasteiger partial charge in [-0.25, -0.2) is 0 Å². The number of nitrogens with one attached hydrogen (secondary N) is 2. The molecule has 2 N–H and O–H groups in total. The van der Waals surface area contributed by atoms with Gasteiger partial charge in [0.25, 0.3) is 0 Å². The van der Waals surface area contributed by atoms with Crippen LogP contribution >= 0.6 is 31.9 Å². The Morgan fingerprint density at radius 3 is 2.67 bits per heavy atom. The maximum absolute atomic E-state index is 12.2. The van der Waals surface area contributed by atoms with Gasteiger partial charge in [0.05, 0.1) is 0 Å². The monoisotopic (exact) mass is 408 g/mol. The average molecular weight is 410 g/mol. The van der Waals surface area contributed by atoms with E-state index in [4.69, 9.17) is 0 Å². The summed E-state index contributed by atoms with van der Waals surface area (Å²) in [7, 11) is 0. The highest BCUT2D eigenvalue weighted by atomic mass is 79.9. The number of halogens is 2. The highest BCUT2D eigenvalue weighted by Gasteiger charge is 2.31. The second-order valence-electron chi connectivity index (χ2n) is 5.10. The van der Waals surface area contributed by atoms with Crippen LogP contribution in [0.1, 0.15) is 30.1 Å². The zero-order valence-corrected chi connectivity index (χ0v) is 14.5. The fourth-order valence-corrected chi connectivity index (χ4v) is 3.30. The molecule has 0 spiro atoms. The van der Waals surface area contributed by atoms with Gasteiger partial charge in [-0.3, -0.25) is 10.1 Å². The van der Waals surface area contributed by atoms with Crippen LogP contribution in [0.5, 0.6) is 0 Å². The van der Waals surface area contributed by atoms with Crippen LogP contribution < -0.4 is 10.6 Å². The Kier molecular flexibility index (Phi) is 4.15. The smallest absolute Gasteiger partial charge is 0.246 e. The molecule has 2 unspecified atom stereocenters. The van der Waals surface area contributed by atoms with Gasteiger partial charge in [0.1, 0.15) is 6.04 Å². The first kappa shape index (κ1) is 14.8. The van der Waals surface area contributed by atoms with Gasteiger partial charge in [-0.2, -0.15) is 0 Å². The minimum absolute atomic E-state index is 0.00931. The first-order valence-electron chi connectivity index (χ1n) is 6.66. The molecule has 1 aliphatic heterocycles. The summed E-state index contributed by atoms with van der Waals surface area (Å²) in [6.45, 7) is 2.06. The van der Waals surface area contributed by atoms with E-state index in [-0.39, 0.29) is 18.0 Å². The lowest BCUT2D eigenvalue weighted by Gasteiger charge is -2.19. The molecule has 0 bridgehead atoms. The minimum atomic E-state index is -0.318. The van der Waals surface area contributed by atoms with E-state index in [1.165, 1.54) is 0 Å². The summed E-state index contributed by atoms with van der Waals surface area (Å²) in [5, 5.41) is 6.32. The SMILES string of the molecule is CC(NC1C(=O)Nc2cc(Br)ccc21)c1cccc(Br)c1. The van der Waals surface area contributed by atoms with E-state index in [1.807, 2.05) is 30.3 Å². The van der Waals surface area contributed by atoms with Gasteiger partial charge in [-0.1, -0.05) is 50.1 Å². The highest BCUT2D eigenvalue weighted by molar-refractivity contribution is 9.10. The zero-order chi connectivity index (χ0) is 15.0. The lowest BCUT2D eigenvalue weighted by atomic mass is 10.0. The van der Waals surface area contributed by atoms with E-state index < -0.39 is 0 Å². The molecule has 108 valence electrons. The molecule has 0 saturated carbocycles. The molecule has 1 aliphatic rings. The number of hydrogen-bond donors (Lipinski definition) is 2. The molecule has 21 heavy (non-hydrogen) atoms. The Labute approximate surface area is 140 Å². The Morgan fingerprint density at radius 2 is 1.90 bits per heavy atom. The highest BCUT2D eigenvalue weighted by Crippen LogP contribution is 2.34. The Bertz CT molecular complexity index is 702. The fourth-order valence-electron chi connectivity index (χ4n) is 2.52. The summed E-state index contributed by atoms with van der Waals surface area (Å²) < 4.78 is 2.00. The van der Waals surface area contributed by atoms with Crippen LogP contribution in [0.2, 0.25) is 0 Å². The van der Waals surface area contributed by atoms with Crippen molar-refractivity contribution in [2.75, 3.05) is 5.32 Å². The molecule has 0 aliphatic carbocycles. The van der Waals surface area contributed by atoms with Crippen molar-refractivity contribution >= 4 is 43.5 Å². The topological polar surface area (TPSA) is 41.1 Å². The summed E-state index contributed by atoms with van der Waals surface area (Å²) in [5.74, 6) is -0.00931. The molecule has 3 nitrogen and oxygen atoms in total. The number of carbonyl (C=O) groups excluding carboxylic acids is 1. The summed E-state index contributed by atoms with van der Waals surface area (Å²) in [6, 6.07) is 13.7. The number of amides is 1. The van der Waals surface area contributed by atoms with Crippen LogP contribution in [0.4, 0.5) is 5.69 Å². The Morgan fingerprint density at radius 1 is 1.14 bits per heavy atom. The summed E-state index contributed by atoms with van der Waals surface area (Å²) >= 11 is 6.90. The number of anilines is 1. The lowest BCUT2D eigenvalue weighted by Crippen LogP contribution is -2.29. The van der Waals surface area contributed by atoms with Crippen molar-refractivity contribution < 1.29 is 4.79 Å². The first-order valence-corrected chi connectivity index (χ1v) is 8.25. The van der Waals surface area contributed by atoms with Crippen molar-refractivity contribution in [2.24, 2.45) is 0 Å². The van der Waals surface area contributed by atoms with Crippen LogP contribution in [-0.2, 0) is 4.79 Å². The molecule has 3 rings (SSSR count). The van der Waals surface area contributed by atoms with Crippen LogP contribution in [0.15, 0.2) is 51.4 Å². The van der Waals surface area contributed by atoms with Crippen LogP contribution in [0.3, 0.4) is 0 Å². The molecule has 2 atom stereocenters. The second-order valence-corrected chi connectivity index (χ2v) is 6.93. The van der Waals surface area contributed by atoms with Gasteiger partial charge >= 0.3 is 0 Å². The number of benzene rings is 2. The van der Waals surface area contributed by atoms with Gasteiger partial charge in [-0.05, 0) is 36.8 Å². The van der Waals surface area contributed by atoms with Gasteiger partial charge in [0, 0.05) is 26.2 Å². The van der Waals surface area contributed by atoms with Gasteiger partial charge in [0.15, 0.2) is 0 Å². The van der Waals surface area contributed by atoms with E-state index in [1.54, 1.807) is 0 Å². The van der Waals surface area contributed by atoms with Crippen LogP contribution in [-0.4, -0.2) is 5.91 Å². The molecule has 1 amide bonds. The zero-order valence-electron chi connectivity index (χ0n) is 11.4. The Hall–Kier alpha value is -1.17. The molecule has 2 aromatic rings. The van der Waals surface area contributed by atoms with Crippen LogP contribution in [0, 0.1) is 0 Å². The molecular formula is C16H14Br2N2O. The van der Waals surface area contributed by atoms with E-state index in [2.05, 4.69) is 61.5 Å². The lowest BCUT2D eigenvalue weighted by molar-refractivity contribution is -0.117. The molecule has 0 saturated heterocycles. The van der Waals surface area contributed by atoms with Crippen LogP contribution in [0.25, 0.3) is 0 Å². The predicted octanol–water partition coefficient (Wildman–Crippen LogP) is 4.56. The van der Waals surface area contributed by atoms with Crippen molar-refractivity contribution in [3.8, 4) is 0 Å². The maximum Gasteiger partial charge on any atom is 0.246 e. The molecule has 1 heterocycles. The first-order chi connectivity index (χ1) is 10.0. The Balaban J connectivity index is 1.84. The van der Waals surface area contributed by atoms with Crippen molar-refractivity contribution in [1.82, 2.24) is 5.32 Å². The standard InChI is InChI=1S/C16H14Br2N2O/c1-9(10-3-2-4-11(17)7-10)19-15-13-6-5-12(18)8-14(13)20-16(15)21/h2-9,15,19H,1H3,(H,20,21). The van der Waals surface area contributed by atoms with Crippen molar-refractivity contribution in [1.29, 1.82) is 0 Å². The minimum Gasteiger partial charge on any atom is -0.324 e. The summed E-state index contributed by atoms with van der Waals surface area (Å²) in [5.41, 5.74) is 3.00. The van der Waals surface area contributed by atoms with Crippen molar-refractivity contribution in [3.05, 3.63) is 62.5 Å². The van der Waals surface area contributed by atoms with Crippen molar-refractivity contribution in [2.45, 2.75) is 19.0 Å². The van der Waals surface area contributed by atoms with E-state index >= 15 is 0 Å². The molecule has 5 heteroatoms. The quantitative estimate of drug-likeness (QED) is 0.780. The average Bonchev–Trinajstić information content (AvgIpc) is 2.74. The van der Waals surface area contributed by atoms with E-state index in [0.717, 1.165) is 25.8 Å². The fraction of sp³-hybridized carbons (Fsp3) is 0.188.